The van der Waals surface area contributed by atoms with Gasteiger partial charge in [0.2, 0.25) is 0 Å². The highest BCUT2D eigenvalue weighted by Crippen LogP contribution is 2.22. The van der Waals surface area contributed by atoms with Gasteiger partial charge >= 0.3 is 0 Å². The summed E-state index contributed by atoms with van der Waals surface area (Å²) in [4.78, 5) is 2.56. The minimum absolute atomic E-state index is 0.316. The maximum absolute atomic E-state index is 4.37. The highest BCUT2D eigenvalue weighted by Gasteiger charge is 2.28. The predicted molar refractivity (Wildman–Crippen MR) is 79.0 cm³/mol. The molecule has 4 nitrogen and oxygen atoms in total. The summed E-state index contributed by atoms with van der Waals surface area (Å²) < 4.78 is 2.01. The number of nitrogens with zero attached hydrogens (tertiary/aromatic N) is 3. The lowest BCUT2D eigenvalue weighted by Gasteiger charge is -2.33. The van der Waals surface area contributed by atoms with Crippen LogP contribution in [0.3, 0.4) is 0 Å². The van der Waals surface area contributed by atoms with Crippen molar-refractivity contribution in [1.82, 2.24) is 20.0 Å². The second kappa shape index (κ2) is 6.06. The Hall–Kier alpha value is -0.870. The Kier molecular flexibility index (Phi) is 4.63. The summed E-state index contributed by atoms with van der Waals surface area (Å²) in [5, 5.41) is 8.06. The first kappa shape index (κ1) is 14.5. The Bertz CT molecular complexity index is 391. The summed E-state index contributed by atoms with van der Waals surface area (Å²) in [6.07, 6.45) is 5.41. The van der Waals surface area contributed by atoms with Gasteiger partial charge in [-0.25, -0.2) is 0 Å². The fraction of sp³-hybridized carbons (Fsp3) is 0.800. The van der Waals surface area contributed by atoms with Crippen molar-refractivity contribution in [3.8, 4) is 0 Å². The van der Waals surface area contributed by atoms with E-state index in [1.807, 2.05) is 10.9 Å². The molecule has 0 spiro atoms. The van der Waals surface area contributed by atoms with Crippen molar-refractivity contribution in [3.05, 3.63) is 18.0 Å². The molecule has 19 heavy (non-hydrogen) atoms. The van der Waals surface area contributed by atoms with Crippen molar-refractivity contribution in [3.63, 3.8) is 0 Å². The smallest absolute Gasteiger partial charge is 0.0534 e. The first-order valence-corrected chi connectivity index (χ1v) is 7.46. The zero-order chi connectivity index (χ0) is 13.9. The van der Waals surface area contributed by atoms with E-state index in [2.05, 4.69) is 49.2 Å². The van der Waals surface area contributed by atoms with Gasteiger partial charge in [-0.2, -0.15) is 5.10 Å². The third kappa shape index (κ3) is 4.05. The first-order valence-electron chi connectivity index (χ1n) is 7.46. The van der Waals surface area contributed by atoms with Gasteiger partial charge in [0.25, 0.3) is 0 Å². The van der Waals surface area contributed by atoms with Crippen molar-refractivity contribution in [2.75, 3.05) is 19.6 Å². The zero-order valence-electron chi connectivity index (χ0n) is 12.8. The van der Waals surface area contributed by atoms with Gasteiger partial charge in [-0.15, -0.1) is 0 Å². The first-order chi connectivity index (χ1) is 8.99. The summed E-state index contributed by atoms with van der Waals surface area (Å²) in [6, 6.07) is 0.566. The lowest BCUT2D eigenvalue weighted by Crippen LogP contribution is -2.46. The SMILES string of the molecule is CCn1cc(CN2CCCNC(C(C)(C)C)C2)cn1. The van der Waals surface area contributed by atoms with Crippen LogP contribution in [0.1, 0.15) is 39.7 Å². The molecule has 1 N–H and O–H groups in total. The van der Waals surface area contributed by atoms with Gasteiger partial charge < -0.3 is 5.32 Å². The van der Waals surface area contributed by atoms with E-state index in [1.54, 1.807) is 0 Å². The van der Waals surface area contributed by atoms with Crippen LogP contribution in [-0.4, -0.2) is 40.4 Å². The van der Waals surface area contributed by atoms with E-state index in [4.69, 9.17) is 0 Å². The Morgan fingerprint density at radius 3 is 2.84 bits per heavy atom. The lowest BCUT2D eigenvalue weighted by atomic mass is 9.86. The van der Waals surface area contributed by atoms with Crippen LogP contribution < -0.4 is 5.32 Å². The minimum Gasteiger partial charge on any atom is -0.312 e. The van der Waals surface area contributed by atoms with Crippen molar-refractivity contribution < 1.29 is 0 Å². The van der Waals surface area contributed by atoms with E-state index in [1.165, 1.54) is 18.5 Å². The Balaban J connectivity index is 1.98. The van der Waals surface area contributed by atoms with Gasteiger partial charge in [-0.1, -0.05) is 20.8 Å². The molecule has 2 heterocycles. The van der Waals surface area contributed by atoms with Crippen LogP contribution >= 0.6 is 0 Å². The molecule has 0 aromatic carbocycles. The number of rotatable bonds is 3. The van der Waals surface area contributed by atoms with Gasteiger partial charge in [0.05, 0.1) is 6.20 Å². The molecule has 1 aromatic heterocycles. The van der Waals surface area contributed by atoms with E-state index in [9.17, 15) is 0 Å². The Morgan fingerprint density at radius 2 is 2.21 bits per heavy atom. The van der Waals surface area contributed by atoms with Crippen LogP contribution in [-0.2, 0) is 13.1 Å². The molecule has 1 unspecified atom stereocenters. The average Bonchev–Trinajstić information content (AvgIpc) is 2.64. The molecule has 2 rings (SSSR count). The zero-order valence-corrected chi connectivity index (χ0v) is 12.8. The van der Waals surface area contributed by atoms with Crippen LogP contribution in [0.5, 0.6) is 0 Å². The monoisotopic (exact) mass is 264 g/mol. The Morgan fingerprint density at radius 1 is 1.42 bits per heavy atom. The fourth-order valence-electron chi connectivity index (χ4n) is 2.64. The molecule has 1 aliphatic heterocycles. The molecule has 0 saturated carbocycles. The number of aryl methyl sites for hydroxylation is 1. The summed E-state index contributed by atoms with van der Waals surface area (Å²) in [5.74, 6) is 0. The van der Waals surface area contributed by atoms with Gasteiger partial charge in [0.1, 0.15) is 0 Å². The van der Waals surface area contributed by atoms with Crippen LogP contribution in [0.25, 0.3) is 0 Å². The van der Waals surface area contributed by atoms with Gasteiger partial charge in [-0.3, -0.25) is 9.58 Å². The van der Waals surface area contributed by atoms with Crippen molar-refractivity contribution in [2.45, 2.75) is 53.2 Å². The molecule has 4 heteroatoms. The van der Waals surface area contributed by atoms with E-state index in [0.717, 1.165) is 26.2 Å². The predicted octanol–water partition coefficient (Wildman–Crippen LogP) is 2.11. The van der Waals surface area contributed by atoms with Crippen molar-refractivity contribution in [2.24, 2.45) is 5.41 Å². The number of nitrogens with one attached hydrogen (secondary N) is 1. The molecule has 1 aliphatic rings. The molecule has 0 radical (unpaired) electrons. The van der Waals surface area contributed by atoms with Crippen LogP contribution in [0, 0.1) is 5.41 Å². The molecule has 0 bridgehead atoms. The topological polar surface area (TPSA) is 33.1 Å². The van der Waals surface area contributed by atoms with E-state index >= 15 is 0 Å². The molecular weight excluding hydrogens is 236 g/mol. The van der Waals surface area contributed by atoms with E-state index in [0.29, 0.717) is 11.5 Å². The number of hydrogen-bond acceptors (Lipinski definition) is 3. The third-order valence-electron chi connectivity index (χ3n) is 3.94. The minimum atomic E-state index is 0.316. The Labute approximate surface area is 117 Å². The van der Waals surface area contributed by atoms with Crippen molar-refractivity contribution in [1.29, 1.82) is 0 Å². The van der Waals surface area contributed by atoms with Crippen LogP contribution in [0.15, 0.2) is 12.4 Å². The quantitative estimate of drug-likeness (QED) is 0.908. The molecule has 1 atom stereocenters. The number of aromatic nitrogens is 2. The van der Waals surface area contributed by atoms with Gasteiger partial charge in [0, 0.05) is 37.4 Å². The fourth-order valence-corrected chi connectivity index (χ4v) is 2.64. The molecule has 1 saturated heterocycles. The van der Waals surface area contributed by atoms with E-state index < -0.39 is 0 Å². The maximum atomic E-state index is 4.37. The average molecular weight is 264 g/mol. The standard InChI is InChI=1S/C15H28N4/c1-5-19-11-13(9-17-19)10-18-8-6-7-16-14(12-18)15(2,3)4/h9,11,14,16H,5-8,10,12H2,1-4H3. The molecule has 1 fully saturated rings. The summed E-state index contributed by atoms with van der Waals surface area (Å²) in [5.41, 5.74) is 1.65. The summed E-state index contributed by atoms with van der Waals surface area (Å²) in [6.45, 7) is 14.5. The van der Waals surface area contributed by atoms with Gasteiger partial charge in [0.15, 0.2) is 0 Å². The highest BCUT2D eigenvalue weighted by atomic mass is 15.3. The molecule has 1 aromatic rings. The second-order valence-electron chi connectivity index (χ2n) is 6.67. The summed E-state index contributed by atoms with van der Waals surface area (Å²) >= 11 is 0. The van der Waals surface area contributed by atoms with Crippen LogP contribution in [0.4, 0.5) is 0 Å². The second-order valence-corrected chi connectivity index (χ2v) is 6.67. The largest absolute Gasteiger partial charge is 0.312 e. The van der Waals surface area contributed by atoms with E-state index in [-0.39, 0.29) is 0 Å². The van der Waals surface area contributed by atoms with Gasteiger partial charge in [-0.05, 0) is 31.8 Å². The normalized spacial score (nSPS) is 22.4. The molecule has 0 aliphatic carbocycles. The third-order valence-corrected chi connectivity index (χ3v) is 3.94. The van der Waals surface area contributed by atoms with Crippen molar-refractivity contribution >= 4 is 0 Å². The lowest BCUT2D eigenvalue weighted by molar-refractivity contribution is 0.192. The highest BCUT2D eigenvalue weighted by molar-refractivity contribution is 5.04. The summed E-state index contributed by atoms with van der Waals surface area (Å²) in [7, 11) is 0. The number of hydrogen-bond donors (Lipinski definition) is 1. The van der Waals surface area contributed by atoms with Crippen LogP contribution in [0.2, 0.25) is 0 Å². The molecular formula is C15H28N4. The molecule has 108 valence electrons. The maximum Gasteiger partial charge on any atom is 0.0534 e. The molecule has 0 amide bonds.